The Kier molecular flexibility index (Phi) is 3.99. The van der Waals surface area contributed by atoms with Crippen molar-refractivity contribution in [3.63, 3.8) is 0 Å². The summed E-state index contributed by atoms with van der Waals surface area (Å²) in [5, 5.41) is 8.86. The van der Waals surface area contributed by atoms with Crippen LogP contribution in [0.3, 0.4) is 0 Å². The maximum Gasteiger partial charge on any atom is 0.125 e. The minimum absolute atomic E-state index is 0.341. The molecule has 3 aromatic rings. The van der Waals surface area contributed by atoms with Gasteiger partial charge in [0.25, 0.3) is 0 Å². The van der Waals surface area contributed by atoms with Gasteiger partial charge in [-0.15, -0.1) is 11.6 Å². The lowest BCUT2D eigenvalue weighted by molar-refractivity contribution is 0.415. The summed E-state index contributed by atoms with van der Waals surface area (Å²) in [6, 6.07) is 15.5. The van der Waals surface area contributed by atoms with Gasteiger partial charge in [0.2, 0.25) is 0 Å². The maximum absolute atomic E-state index is 8.86. The molecule has 0 amide bonds. The Morgan fingerprint density at radius 2 is 2.00 bits per heavy atom. The number of hydrogen-bond donors (Lipinski definition) is 0. The highest BCUT2D eigenvalue weighted by Gasteiger charge is 2.11. The highest BCUT2D eigenvalue weighted by atomic mass is 35.5. The van der Waals surface area contributed by atoms with Gasteiger partial charge in [0.1, 0.15) is 11.6 Å². The SMILES string of the molecule is COc1ccc2c(c1)nc(CCl)n2Cc1ccc(C#N)cc1. The van der Waals surface area contributed by atoms with Crippen molar-refractivity contribution < 1.29 is 4.74 Å². The fourth-order valence-electron chi connectivity index (χ4n) is 2.43. The molecule has 5 heteroatoms. The zero-order valence-electron chi connectivity index (χ0n) is 12.1. The molecule has 110 valence electrons. The van der Waals surface area contributed by atoms with E-state index in [0.29, 0.717) is 18.0 Å². The van der Waals surface area contributed by atoms with E-state index >= 15 is 0 Å². The fourth-order valence-corrected chi connectivity index (χ4v) is 2.64. The standard InChI is InChI=1S/C17H14ClN3O/c1-22-14-6-7-16-15(8-14)20-17(9-18)21(16)11-13-4-2-12(10-19)3-5-13/h2-8H,9,11H2,1H3. The molecule has 0 atom stereocenters. The van der Waals surface area contributed by atoms with E-state index in [0.717, 1.165) is 28.2 Å². The quantitative estimate of drug-likeness (QED) is 0.690. The molecule has 3 rings (SSSR count). The highest BCUT2D eigenvalue weighted by molar-refractivity contribution is 6.16. The van der Waals surface area contributed by atoms with Crippen LogP contribution in [0.5, 0.6) is 5.75 Å². The van der Waals surface area contributed by atoms with Gasteiger partial charge in [0.15, 0.2) is 0 Å². The van der Waals surface area contributed by atoms with Crippen LogP contribution in [0.1, 0.15) is 17.0 Å². The lowest BCUT2D eigenvalue weighted by atomic mass is 10.1. The Balaban J connectivity index is 2.02. The third kappa shape index (κ3) is 2.63. The Labute approximate surface area is 133 Å². The number of fused-ring (bicyclic) bond motifs is 1. The molecule has 0 unspecified atom stereocenters. The number of imidazole rings is 1. The molecule has 0 saturated heterocycles. The molecule has 0 radical (unpaired) electrons. The van der Waals surface area contributed by atoms with Crippen molar-refractivity contribution in [2.24, 2.45) is 0 Å². The number of nitrogens with zero attached hydrogens (tertiary/aromatic N) is 3. The summed E-state index contributed by atoms with van der Waals surface area (Å²) in [5.74, 6) is 1.93. The zero-order valence-corrected chi connectivity index (χ0v) is 12.8. The summed E-state index contributed by atoms with van der Waals surface area (Å²) in [5.41, 5.74) is 3.63. The number of alkyl halides is 1. The highest BCUT2D eigenvalue weighted by Crippen LogP contribution is 2.23. The van der Waals surface area contributed by atoms with Gasteiger partial charge in [-0.05, 0) is 29.8 Å². The summed E-state index contributed by atoms with van der Waals surface area (Å²) >= 11 is 6.03. The monoisotopic (exact) mass is 311 g/mol. The van der Waals surface area contributed by atoms with E-state index in [-0.39, 0.29) is 0 Å². The number of benzene rings is 2. The van der Waals surface area contributed by atoms with Crippen LogP contribution < -0.4 is 4.74 Å². The number of ether oxygens (including phenoxy) is 1. The second kappa shape index (κ2) is 6.08. The number of halogens is 1. The van der Waals surface area contributed by atoms with Crippen LogP contribution in [0.4, 0.5) is 0 Å². The van der Waals surface area contributed by atoms with Gasteiger partial charge in [-0.25, -0.2) is 4.98 Å². The molecule has 2 aromatic carbocycles. The van der Waals surface area contributed by atoms with Crippen molar-refractivity contribution in [3.8, 4) is 11.8 Å². The molecule has 0 aliphatic heterocycles. The van der Waals surface area contributed by atoms with E-state index in [2.05, 4.69) is 15.6 Å². The molecular formula is C17H14ClN3O. The first-order valence-corrected chi connectivity index (χ1v) is 7.36. The lowest BCUT2D eigenvalue weighted by Crippen LogP contribution is -2.03. The number of nitriles is 1. The van der Waals surface area contributed by atoms with Crippen LogP contribution in [0.15, 0.2) is 42.5 Å². The summed E-state index contributed by atoms with van der Waals surface area (Å²) in [6.07, 6.45) is 0. The molecule has 0 N–H and O–H groups in total. The number of rotatable bonds is 4. The van der Waals surface area contributed by atoms with E-state index in [1.165, 1.54) is 0 Å². The first-order valence-electron chi connectivity index (χ1n) is 6.83. The van der Waals surface area contributed by atoms with E-state index in [9.17, 15) is 0 Å². The molecule has 0 fully saturated rings. The van der Waals surface area contributed by atoms with Gasteiger partial charge in [0.05, 0.1) is 35.7 Å². The molecule has 4 nitrogen and oxygen atoms in total. The smallest absolute Gasteiger partial charge is 0.125 e. The largest absolute Gasteiger partial charge is 0.497 e. The van der Waals surface area contributed by atoms with Gasteiger partial charge < -0.3 is 9.30 Å². The van der Waals surface area contributed by atoms with Gasteiger partial charge >= 0.3 is 0 Å². The van der Waals surface area contributed by atoms with Crippen molar-refractivity contribution in [2.75, 3.05) is 7.11 Å². The average Bonchev–Trinajstić information content (AvgIpc) is 2.92. The van der Waals surface area contributed by atoms with E-state index in [1.807, 2.05) is 42.5 Å². The Hall–Kier alpha value is -2.51. The fraction of sp³-hybridized carbons (Fsp3) is 0.176. The van der Waals surface area contributed by atoms with E-state index in [1.54, 1.807) is 7.11 Å². The Morgan fingerprint density at radius 3 is 2.64 bits per heavy atom. The second-order valence-corrected chi connectivity index (χ2v) is 5.18. The first-order chi connectivity index (χ1) is 10.7. The van der Waals surface area contributed by atoms with Crippen molar-refractivity contribution in [3.05, 3.63) is 59.4 Å². The summed E-state index contributed by atoms with van der Waals surface area (Å²) in [7, 11) is 1.64. The second-order valence-electron chi connectivity index (χ2n) is 4.91. The van der Waals surface area contributed by atoms with Crippen LogP contribution in [0.2, 0.25) is 0 Å². The van der Waals surface area contributed by atoms with Crippen molar-refractivity contribution in [1.82, 2.24) is 9.55 Å². The van der Waals surface area contributed by atoms with E-state index < -0.39 is 0 Å². The van der Waals surface area contributed by atoms with Crippen LogP contribution in [-0.4, -0.2) is 16.7 Å². The molecule has 0 spiro atoms. The summed E-state index contributed by atoms with van der Waals surface area (Å²) in [4.78, 5) is 4.57. The van der Waals surface area contributed by atoms with Crippen LogP contribution in [0.25, 0.3) is 11.0 Å². The molecular weight excluding hydrogens is 298 g/mol. The third-order valence-corrected chi connectivity index (χ3v) is 3.82. The van der Waals surface area contributed by atoms with Crippen LogP contribution in [-0.2, 0) is 12.4 Å². The molecule has 0 bridgehead atoms. The summed E-state index contributed by atoms with van der Waals surface area (Å²) in [6.45, 7) is 0.663. The molecule has 22 heavy (non-hydrogen) atoms. The normalized spacial score (nSPS) is 10.6. The van der Waals surface area contributed by atoms with Crippen molar-refractivity contribution in [1.29, 1.82) is 5.26 Å². The van der Waals surface area contributed by atoms with Gasteiger partial charge in [-0.1, -0.05) is 12.1 Å². The average molecular weight is 312 g/mol. The van der Waals surface area contributed by atoms with Crippen LogP contribution in [0, 0.1) is 11.3 Å². The van der Waals surface area contributed by atoms with E-state index in [4.69, 9.17) is 21.6 Å². The molecule has 0 aliphatic carbocycles. The van der Waals surface area contributed by atoms with Gasteiger partial charge in [-0.2, -0.15) is 5.26 Å². The summed E-state index contributed by atoms with van der Waals surface area (Å²) < 4.78 is 7.32. The topological polar surface area (TPSA) is 50.8 Å². The Bertz CT molecular complexity index is 847. The molecule has 0 saturated carbocycles. The third-order valence-electron chi connectivity index (χ3n) is 3.58. The van der Waals surface area contributed by atoms with Gasteiger partial charge in [-0.3, -0.25) is 0 Å². The Morgan fingerprint density at radius 1 is 1.23 bits per heavy atom. The number of aromatic nitrogens is 2. The predicted octanol–water partition coefficient (Wildman–Crippen LogP) is 3.70. The van der Waals surface area contributed by atoms with Crippen molar-refractivity contribution in [2.45, 2.75) is 12.4 Å². The number of methoxy groups -OCH3 is 1. The maximum atomic E-state index is 8.86. The molecule has 0 aliphatic rings. The zero-order chi connectivity index (χ0) is 15.5. The minimum Gasteiger partial charge on any atom is -0.497 e. The minimum atomic E-state index is 0.341. The lowest BCUT2D eigenvalue weighted by Gasteiger charge is -2.08. The van der Waals surface area contributed by atoms with Gasteiger partial charge in [0, 0.05) is 12.6 Å². The number of hydrogen-bond acceptors (Lipinski definition) is 3. The molecule has 1 aromatic heterocycles. The predicted molar refractivity (Wildman–Crippen MR) is 86.1 cm³/mol. The molecule has 1 heterocycles. The van der Waals surface area contributed by atoms with Crippen molar-refractivity contribution >= 4 is 22.6 Å². The first kappa shape index (κ1) is 14.4. The van der Waals surface area contributed by atoms with Crippen LogP contribution >= 0.6 is 11.6 Å².